The van der Waals surface area contributed by atoms with Gasteiger partial charge in [0, 0.05) is 12.6 Å². The van der Waals surface area contributed by atoms with E-state index in [2.05, 4.69) is 4.74 Å². The first kappa shape index (κ1) is 16.1. The van der Waals surface area contributed by atoms with Gasteiger partial charge < -0.3 is 9.64 Å². The van der Waals surface area contributed by atoms with E-state index >= 15 is 0 Å². The number of methoxy groups -OCH3 is 1. The van der Waals surface area contributed by atoms with Crippen molar-refractivity contribution in [1.29, 1.82) is 0 Å². The average molecular weight is 281 g/mol. The number of amides is 1. The van der Waals surface area contributed by atoms with Crippen LogP contribution in [0.4, 0.5) is 4.39 Å². The fourth-order valence-corrected chi connectivity index (χ4v) is 1.85. The number of rotatable bonds is 6. The van der Waals surface area contributed by atoms with E-state index in [1.54, 1.807) is 6.07 Å². The highest BCUT2D eigenvalue weighted by Crippen LogP contribution is 2.14. The summed E-state index contributed by atoms with van der Waals surface area (Å²) in [7, 11) is 1.30. The predicted molar refractivity (Wildman–Crippen MR) is 73.8 cm³/mol. The number of ether oxygens (including phenoxy) is 1. The van der Waals surface area contributed by atoms with Crippen LogP contribution in [0.3, 0.4) is 0 Å². The summed E-state index contributed by atoms with van der Waals surface area (Å²) in [6.07, 6.45) is 0.822. The molecular formula is C15H20FNO3. The van der Waals surface area contributed by atoms with Crippen LogP contribution in [0.15, 0.2) is 24.3 Å². The normalized spacial score (nSPS) is 11.8. The maximum atomic E-state index is 13.7. The molecule has 0 aliphatic heterocycles. The molecule has 110 valence electrons. The Morgan fingerprint density at radius 2 is 2.00 bits per heavy atom. The summed E-state index contributed by atoms with van der Waals surface area (Å²) in [6, 6.07) is 5.78. The lowest BCUT2D eigenvalue weighted by Crippen LogP contribution is -2.40. The van der Waals surface area contributed by atoms with E-state index in [9.17, 15) is 14.0 Å². The number of nitrogens with zero attached hydrogens (tertiary/aromatic N) is 1. The molecule has 0 aromatic heterocycles. The Hall–Kier alpha value is -1.91. The molecule has 0 radical (unpaired) electrons. The van der Waals surface area contributed by atoms with Crippen LogP contribution < -0.4 is 0 Å². The molecule has 1 atom stereocenters. The molecule has 1 aromatic carbocycles. The number of hydrogen-bond donors (Lipinski definition) is 0. The first-order chi connectivity index (χ1) is 9.51. The summed E-state index contributed by atoms with van der Waals surface area (Å²) < 4.78 is 18.3. The quantitative estimate of drug-likeness (QED) is 0.753. The van der Waals surface area contributed by atoms with Crippen LogP contribution in [0.2, 0.25) is 0 Å². The summed E-state index contributed by atoms with van der Waals surface area (Å²) in [5, 5.41) is 0. The lowest BCUT2D eigenvalue weighted by atomic mass is 10.1. The first-order valence-corrected chi connectivity index (χ1v) is 6.63. The lowest BCUT2D eigenvalue weighted by Gasteiger charge is -2.28. The molecule has 0 aliphatic carbocycles. The van der Waals surface area contributed by atoms with Crippen molar-refractivity contribution in [3.8, 4) is 0 Å². The number of carbonyl (C=O) groups is 2. The zero-order chi connectivity index (χ0) is 15.1. The van der Waals surface area contributed by atoms with Crippen LogP contribution in [-0.4, -0.2) is 36.5 Å². The van der Waals surface area contributed by atoms with E-state index < -0.39 is 11.7 Å². The Morgan fingerprint density at radius 1 is 1.35 bits per heavy atom. The second-order valence-corrected chi connectivity index (χ2v) is 4.56. The van der Waals surface area contributed by atoms with Gasteiger partial charge in [0.2, 0.25) is 0 Å². The second kappa shape index (κ2) is 7.62. The zero-order valence-corrected chi connectivity index (χ0v) is 12.1. The van der Waals surface area contributed by atoms with Crippen molar-refractivity contribution < 1.29 is 18.7 Å². The zero-order valence-electron chi connectivity index (χ0n) is 12.1. The number of benzene rings is 1. The minimum absolute atomic E-state index is 0.0256. The molecule has 20 heavy (non-hydrogen) atoms. The van der Waals surface area contributed by atoms with Crippen LogP contribution in [0.1, 0.15) is 37.0 Å². The highest BCUT2D eigenvalue weighted by molar-refractivity contribution is 5.94. The van der Waals surface area contributed by atoms with Crippen molar-refractivity contribution in [2.45, 2.75) is 32.7 Å². The van der Waals surface area contributed by atoms with Gasteiger partial charge in [-0.25, -0.2) is 4.39 Å². The molecule has 5 heteroatoms. The van der Waals surface area contributed by atoms with Crippen molar-refractivity contribution in [2.75, 3.05) is 13.7 Å². The van der Waals surface area contributed by atoms with Crippen LogP contribution in [-0.2, 0) is 9.53 Å². The summed E-state index contributed by atoms with van der Waals surface area (Å²) in [4.78, 5) is 25.1. The van der Waals surface area contributed by atoms with Crippen molar-refractivity contribution in [3.63, 3.8) is 0 Å². The molecule has 0 heterocycles. The Morgan fingerprint density at radius 3 is 2.55 bits per heavy atom. The molecule has 0 fully saturated rings. The highest BCUT2D eigenvalue weighted by Gasteiger charge is 2.23. The number of hydrogen-bond acceptors (Lipinski definition) is 3. The molecule has 4 nitrogen and oxygen atoms in total. The number of esters is 1. The van der Waals surface area contributed by atoms with Gasteiger partial charge in [0.1, 0.15) is 5.82 Å². The fraction of sp³-hybridized carbons (Fsp3) is 0.467. The molecular weight excluding hydrogens is 261 g/mol. The van der Waals surface area contributed by atoms with Crippen LogP contribution in [0.5, 0.6) is 0 Å². The summed E-state index contributed by atoms with van der Waals surface area (Å²) in [6.45, 7) is 4.02. The lowest BCUT2D eigenvalue weighted by molar-refractivity contribution is -0.140. The second-order valence-electron chi connectivity index (χ2n) is 4.56. The third-order valence-corrected chi connectivity index (χ3v) is 3.27. The molecule has 1 unspecified atom stereocenters. The molecule has 0 saturated carbocycles. The minimum Gasteiger partial charge on any atom is -0.469 e. The fourth-order valence-electron chi connectivity index (χ4n) is 1.85. The molecule has 0 saturated heterocycles. The van der Waals surface area contributed by atoms with Crippen LogP contribution in [0.25, 0.3) is 0 Å². The standard InChI is InChI=1S/C15H20FNO3/c1-4-11(2)17(10-9-14(18)20-3)15(19)12-7-5-6-8-13(12)16/h5-8,11H,4,9-10H2,1-3H3. The van der Waals surface area contributed by atoms with Gasteiger partial charge in [0.25, 0.3) is 5.91 Å². The predicted octanol–water partition coefficient (Wildman–Crippen LogP) is 2.63. The molecule has 0 spiro atoms. The summed E-state index contributed by atoms with van der Waals surface area (Å²) in [5.74, 6) is -1.34. The van der Waals surface area contributed by atoms with Crippen molar-refractivity contribution in [1.82, 2.24) is 4.90 Å². The molecule has 0 aliphatic rings. The molecule has 0 N–H and O–H groups in total. The van der Waals surface area contributed by atoms with E-state index in [1.165, 1.54) is 30.2 Å². The van der Waals surface area contributed by atoms with Crippen LogP contribution in [0, 0.1) is 5.82 Å². The topological polar surface area (TPSA) is 46.6 Å². The van der Waals surface area contributed by atoms with Gasteiger partial charge in [-0.1, -0.05) is 19.1 Å². The Kier molecular flexibility index (Phi) is 6.15. The van der Waals surface area contributed by atoms with Gasteiger partial charge in [-0.3, -0.25) is 9.59 Å². The van der Waals surface area contributed by atoms with E-state index in [4.69, 9.17) is 0 Å². The third-order valence-electron chi connectivity index (χ3n) is 3.27. The molecule has 1 rings (SSSR count). The monoisotopic (exact) mass is 281 g/mol. The van der Waals surface area contributed by atoms with E-state index in [0.29, 0.717) is 0 Å². The van der Waals surface area contributed by atoms with Gasteiger partial charge >= 0.3 is 5.97 Å². The maximum Gasteiger partial charge on any atom is 0.307 e. The highest BCUT2D eigenvalue weighted by atomic mass is 19.1. The SMILES string of the molecule is CCC(C)N(CCC(=O)OC)C(=O)c1ccccc1F. The Bertz CT molecular complexity index is 476. The maximum absolute atomic E-state index is 13.7. The average Bonchev–Trinajstić information content (AvgIpc) is 2.46. The van der Waals surface area contributed by atoms with Crippen molar-refractivity contribution in [3.05, 3.63) is 35.6 Å². The smallest absolute Gasteiger partial charge is 0.307 e. The van der Waals surface area contributed by atoms with Gasteiger partial charge in [-0.2, -0.15) is 0 Å². The van der Waals surface area contributed by atoms with Gasteiger partial charge in [-0.05, 0) is 25.5 Å². The Labute approximate surface area is 118 Å². The van der Waals surface area contributed by atoms with Gasteiger partial charge in [-0.15, -0.1) is 0 Å². The van der Waals surface area contributed by atoms with E-state index in [1.807, 2.05) is 13.8 Å². The summed E-state index contributed by atoms with van der Waals surface area (Å²) in [5.41, 5.74) is 0.0256. The van der Waals surface area contributed by atoms with Crippen molar-refractivity contribution >= 4 is 11.9 Å². The van der Waals surface area contributed by atoms with Gasteiger partial charge in [0.05, 0.1) is 19.1 Å². The van der Waals surface area contributed by atoms with Gasteiger partial charge in [0.15, 0.2) is 0 Å². The summed E-state index contributed by atoms with van der Waals surface area (Å²) >= 11 is 0. The first-order valence-electron chi connectivity index (χ1n) is 6.63. The minimum atomic E-state index is -0.552. The number of carbonyl (C=O) groups excluding carboxylic acids is 2. The Balaban J connectivity index is 2.90. The largest absolute Gasteiger partial charge is 0.469 e. The number of halogens is 1. The molecule has 1 amide bonds. The van der Waals surface area contributed by atoms with Crippen LogP contribution >= 0.6 is 0 Å². The molecule has 1 aromatic rings. The van der Waals surface area contributed by atoms with E-state index in [0.717, 1.165) is 6.42 Å². The third kappa shape index (κ3) is 4.05. The van der Waals surface area contributed by atoms with E-state index in [-0.39, 0.29) is 30.5 Å². The van der Waals surface area contributed by atoms with Crippen molar-refractivity contribution in [2.24, 2.45) is 0 Å². The molecule has 0 bridgehead atoms.